The molecule has 14 heavy (non-hydrogen) atoms. The topological polar surface area (TPSA) is 115 Å². The van der Waals surface area contributed by atoms with Gasteiger partial charge in [-0.2, -0.15) is 0 Å². The van der Waals surface area contributed by atoms with E-state index in [0.717, 1.165) is 12.8 Å². The Morgan fingerprint density at radius 2 is 1.50 bits per heavy atom. The molecule has 0 aromatic carbocycles. The van der Waals surface area contributed by atoms with Gasteiger partial charge < -0.3 is 17.2 Å². The summed E-state index contributed by atoms with van der Waals surface area (Å²) in [5, 5.41) is 0. The predicted molar refractivity (Wildman–Crippen MR) is 53.1 cm³/mol. The Kier molecular flexibility index (Phi) is 6.69. The van der Waals surface area contributed by atoms with E-state index in [0.29, 0.717) is 13.1 Å². The Morgan fingerprint density at radius 3 is 1.86 bits per heavy atom. The Bertz CT molecular complexity index is 180. The zero-order valence-corrected chi connectivity index (χ0v) is 8.24. The highest BCUT2D eigenvalue weighted by Gasteiger charge is 2.09. The Morgan fingerprint density at radius 1 is 1.00 bits per heavy atom. The predicted octanol–water partition coefficient (Wildman–Crippen LogP) is -2.00. The van der Waals surface area contributed by atoms with Crippen molar-refractivity contribution >= 4 is 11.8 Å². The van der Waals surface area contributed by atoms with Crippen molar-refractivity contribution in [2.45, 2.75) is 12.8 Å². The number of primary amides is 2. The smallest absolute Gasteiger partial charge is 0.231 e. The first-order valence-electron chi connectivity index (χ1n) is 4.55. The van der Waals surface area contributed by atoms with E-state index in [2.05, 4.69) is 0 Å². The minimum Gasteiger partial charge on any atom is -0.369 e. The van der Waals surface area contributed by atoms with Crippen LogP contribution in [0.3, 0.4) is 0 Å². The second kappa shape index (κ2) is 7.28. The average molecular weight is 202 g/mol. The molecule has 0 saturated carbocycles. The molecule has 0 aliphatic carbocycles. The summed E-state index contributed by atoms with van der Waals surface area (Å²) in [6.45, 7) is 1.34. The lowest BCUT2D eigenvalue weighted by Crippen LogP contribution is -2.40. The largest absolute Gasteiger partial charge is 0.369 e. The van der Waals surface area contributed by atoms with Crippen molar-refractivity contribution in [2.75, 3.05) is 26.2 Å². The molecule has 0 atom stereocenters. The monoisotopic (exact) mass is 202 g/mol. The van der Waals surface area contributed by atoms with E-state index in [1.807, 2.05) is 0 Å². The molecule has 0 saturated heterocycles. The zero-order chi connectivity index (χ0) is 11.0. The second-order valence-electron chi connectivity index (χ2n) is 3.14. The van der Waals surface area contributed by atoms with Crippen molar-refractivity contribution in [1.29, 1.82) is 0 Å². The third-order valence-electron chi connectivity index (χ3n) is 1.69. The van der Waals surface area contributed by atoms with Gasteiger partial charge in [0.1, 0.15) is 0 Å². The molecule has 0 fully saturated rings. The number of carbonyl (C=O) groups excluding carboxylic acids is 2. The summed E-state index contributed by atoms with van der Waals surface area (Å²) in [4.78, 5) is 22.9. The minimum atomic E-state index is -0.459. The first kappa shape index (κ1) is 12.9. The highest BCUT2D eigenvalue weighted by atomic mass is 16.2. The number of carbonyl (C=O) groups is 2. The fraction of sp³-hybridized carbons (Fsp3) is 0.750. The molecule has 6 nitrogen and oxygen atoms in total. The van der Waals surface area contributed by atoms with Gasteiger partial charge in [0.2, 0.25) is 11.8 Å². The molecule has 0 rings (SSSR count). The number of amides is 2. The maximum Gasteiger partial charge on any atom is 0.231 e. The number of nitrogens with zero attached hydrogens (tertiary/aromatic N) is 1. The number of rotatable bonds is 8. The number of unbranched alkanes of at least 4 members (excludes halogenated alkanes) is 1. The first-order chi connectivity index (χ1) is 6.56. The Hall–Kier alpha value is -1.14. The highest BCUT2D eigenvalue weighted by Crippen LogP contribution is 1.93. The lowest BCUT2D eigenvalue weighted by molar-refractivity contribution is -0.121. The molecule has 0 bridgehead atoms. The molecule has 0 heterocycles. The number of nitrogens with two attached hydrogens (primary N) is 3. The summed E-state index contributed by atoms with van der Waals surface area (Å²) in [6, 6.07) is 0. The molecule has 0 aromatic heterocycles. The van der Waals surface area contributed by atoms with Crippen LogP contribution in [-0.2, 0) is 9.59 Å². The number of hydrogen-bond acceptors (Lipinski definition) is 4. The molecular weight excluding hydrogens is 184 g/mol. The fourth-order valence-electron chi connectivity index (χ4n) is 1.13. The first-order valence-corrected chi connectivity index (χ1v) is 4.55. The molecule has 2 amide bonds. The summed E-state index contributed by atoms with van der Waals surface area (Å²) >= 11 is 0. The van der Waals surface area contributed by atoms with Crippen molar-refractivity contribution in [1.82, 2.24) is 4.90 Å². The van der Waals surface area contributed by atoms with E-state index < -0.39 is 11.8 Å². The van der Waals surface area contributed by atoms with Crippen molar-refractivity contribution in [3.8, 4) is 0 Å². The summed E-state index contributed by atoms with van der Waals surface area (Å²) in [5.41, 5.74) is 15.3. The van der Waals surface area contributed by atoms with Gasteiger partial charge in [-0.15, -0.1) is 0 Å². The standard InChI is InChI=1S/C8H18N4O2/c9-3-1-2-4-12(5-7(10)13)6-8(11)14/h1-6,9H2,(H2,10,13)(H2,11,14). The summed E-state index contributed by atoms with van der Waals surface area (Å²) in [7, 11) is 0. The van der Waals surface area contributed by atoms with Gasteiger partial charge >= 0.3 is 0 Å². The number of hydrogen-bond donors (Lipinski definition) is 3. The van der Waals surface area contributed by atoms with Crippen LogP contribution in [0.2, 0.25) is 0 Å². The maximum atomic E-state index is 10.6. The SMILES string of the molecule is NCCCCN(CC(N)=O)CC(N)=O. The molecule has 82 valence electrons. The van der Waals surface area contributed by atoms with Crippen molar-refractivity contribution in [3.63, 3.8) is 0 Å². The van der Waals surface area contributed by atoms with Crippen LogP contribution in [0.1, 0.15) is 12.8 Å². The van der Waals surface area contributed by atoms with Gasteiger partial charge in [-0.05, 0) is 25.9 Å². The summed E-state index contributed by atoms with van der Waals surface area (Å²) in [5.74, 6) is -0.919. The lowest BCUT2D eigenvalue weighted by Gasteiger charge is -2.18. The second-order valence-corrected chi connectivity index (χ2v) is 3.14. The van der Waals surface area contributed by atoms with Crippen molar-refractivity contribution in [3.05, 3.63) is 0 Å². The van der Waals surface area contributed by atoms with E-state index in [9.17, 15) is 9.59 Å². The van der Waals surface area contributed by atoms with Crippen LogP contribution < -0.4 is 17.2 Å². The fourth-order valence-corrected chi connectivity index (χ4v) is 1.13. The van der Waals surface area contributed by atoms with Gasteiger partial charge in [-0.3, -0.25) is 14.5 Å². The van der Waals surface area contributed by atoms with Gasteiger partial charge in [0.25, 0.3) is 0 Å². The van der Waals surface area contributed by atoms with Crippen LogP contribution in [0.15, 0.2) is 0 Å². The molecule has 0 aliphatic heterocycles. The molecule has 6 N–H and O–H groups in total. The van der Waals surface area contributed by atoms with E-state index in [1.165, 1.54) is 0 Å². The maximum absolute atomic E-state index is 10.6. The van der Waals surface area contributed by atoms with Gasteiger partial charge in [0.05, 0.1) is 13.1 Å². The van der Waals surface area contributed by atoms with Crippen molar-refractivity contribution in [2.24, 2.45) is 17.2 Å². The van der Waals surface area contributed by atoms with E-state index in [4.69, 9.17) is 17.2 Å². The molecule has 0 unspecified atom stereocenters. The van der Waals surface area contributed by atoms with Crippen molar-refractivity contribution < 1.29 is 9.59 Å². The summed E-state index contributed by atoms with van der Waals surface area (Å²) < 4.78 is 0. The van der Waals surface area contributed by atoms with Crippen LogP contribution >= 0.6 is 0 Å². The van der Waals surface area contributed by atoms with Gasteiger partial charge in [0.15, 0.2) is 0 Å². The molecule has 6 heteroatoms. The molecule has 0 aliphatic rings. The van der Waals surface area contributed by atoms with E-state index in [-0.39, 0.29) is 13.1 Å². The third-order valence-corrected chi connectivity index (χ3v) is 1.69. The lowest BCUT2D eigenvalue weighted by atomic mass is 10.3. The molecular formula is C8H18N4O2. The molecule has 0 radical (unpaired) electrons. The zero-order valence-electron chi connectivity index (χ0n) is 8.24. The van der Waals surface area contributed by atoms with Gasteiger partial charge in [-0.25, -0.2) is 0 Å². The normalized spacial score (nSPS) is 10.4. The minimum absolute atomic E-state index is 0.0630. The van der Waals surface area contributed by atoms with Gasteiger partial charge in [0, 0.05) is 0 Å². The average Bonchev–Trinajstić information content (AvgIpc) is 2.02. The van der Waals surface area contributed by atoms with Crippen LogP contribution in [0, 0.1) is 0 Å². The van der Waals surface area contributed by atoms with E-state index >= 15 is 0 Å². The summed E-state index contributed by atoms with van der Waals surface area (Å²) in [6.07, 6.45) is 1.69. The van der Waals surface area contributed by atoms with Crippen LogP contribution in [0.5, 0.6) is 0 Å². The van der Waals surface area contributed by atoms with E-state index in [1.54, 1.807) is 4.90 Å². The highest BCUT2D eigenvalue weighted by molar-refractivity contribution is 5.79. The third kappa shape index (κ3) is 7.51. The van der Waals surface area contributed by atoms with Crippen LogP contribution in [0.4, 0.5) is 0 Å². The van der Waals surface area contributed by atoms with Crippen LogP contribution in [-0.4, -0.2) is 42.9 Å². The Labute approximate surface area is 83.4 Å². The molecule has 0 aromatic rings. The Balaban J connectivity index is 3.84. The van der Waals surface area contributed by atoms with Crippen LogP contribution in [0.25, 0.3) is 0 Å². The quantitative estimate of drug-likeness (QED) is 0.395. The molecule has 0 spiro atoms. The van der Waals surface area contributed by atoms with Gasteiger partial charge in [-0.1, -0.05) is 0 Å².